The van der Waals surface area contributed by atoms with E-state index in [4.69, 9.17) is 9.47 Å². The van der Waals surface area contributed by atoms with Crippen LogP contribution in [0, 0.1) is 0 Å². The first kappa shape index (κ1) is 26.9. The molecule has 8 heteroatoms. The summed E-state index contributed by atoms with van der Waals surface area (Å²) in [5.41, 5.74) is 1.18. The number of ether oxygens (including phenoxy) is 2. The van der Waals surface area contributed by atoms with Crippen LogP contribution in [0.2, 0.25) is 0 Å². The Bertz CT molecular complexity index is 989. The Morgan fingerprint density at radius 2 is 1.83 bits per heavy atom. The summed E-state index contributed by atoms with van der Waals surface area (Å²) in [5, 5.41) is 3.50. The summed E-state index contributed by atoms with van der Waals surface area (Å²) >= 11 is 0. The fourth-order valence-electron chi connectivity index (χ4n) is 4.43. The first-order chi connectivity index (χ1) is 16.4. The molecule has 0 spiro atoms. The van der Waals surface area contributed by atoms with Gasteiger partial charge in [0.2, 0.25) is 0 Å². The van der Waals surface area contributed by atoms with Crippen molar-refractivity contribution < 1.29 is 27.4 Å². The molecule has 1 heterocycles. The van der Waals surface area contributed by atoms with E-state index in [0.29, 0.717) is 24.4 Å². The molecule has 5 nitrogen and oxygen atoms in total. The zero-order valence-electron chi connectivity index (χ0n) is 21.0. The number of benzene rings is 2. The lowest BCUT2D eigenvalue weighted by molar-refractivity contribution is -0.146. The summed E-state index contributed by atoms with van der Waals surface area (Å²) < 4.78 is 51.0. The Balaban J connectivity index is 1.87. The lowest BCUT2D eigenvalue weighted by atomic mass is 9.90. The second-order valence-corrected chi connectivity index (χ2v) is 9.99. The third-order valence-corrected chi connectivity index (χ3v) is 6.25. The Labute approximate surface area is 205 Å². The summed E-state index contributed by atoms with van der Waals surface area (Å²) in [6.45, 7) is 7.53. The lowest BCUT2D eigenvalue weighted by Gasteiger charge is -2.42. The highest BCUT2D eigenvalue weighted by Gasteiger charge is 2.39. The van der Waals surface area contributed by atoms with E-state index in [1.54, 1.807) is 17.0 Å². The number of rotatable bonds is 6. The van der Waals surface area contributed by atoms with E-state index in [0.717, 1.165) is 25.3 Å². The fourth-order valence-corrected chi connectivity index (χ4v) is 4.43. The molecule has 1 amide bonds. The van der Waals surface area contributed by atoms with Crippen LogP contribution in [0.15, 0.2) is 48.5 Å². The van der Waals surface area contributed by atoms with E-state index in [1.807, 2.05) is 51.1 Å². The molecular weight excluding hydrogens is 457 g/mol. The molecule has 3 atom stereocenters. The first-order valence-electron chi connectivity index (χ1n) is 11.9. The maximum absolute atomic E-state index is 13.3. The highest BCUT2D eigenvalue weighted by Crippen LogP contribution is 2.37. The van der Waals surface area contributed by atoms with Crippen LogP contribution in [0.5, 0.6) is 5.75 Å². The molecule has 0 aliphatic carbocycles. The molecule has 1 aliphatic rings. The number of amides is 1. The van der Waals surface area contributed by atoms with Crippen molar-refractivity contribution >= 4 is 6.09 Å². The molecule has 0 bridgehead atoms. The molecule has 3 rings (SSSR count). The molecule has 192 valence electrons. The van der Waals surface area contributed by atoms with E-state index in [-0.39, 0.29) is 23.7 Å². The molecule has 1 unspecified atom stereocenters. The van der Waals surface area contributed by atoms with E-state index >= 15 is 0 Å². The second-order valence-electron chi connectivity index (χ2n) is 9.99. The van der Waals surface area contributed by atoms with Gasteiger partial charge in [-0.3, -0.25) is 4.90 Å². The SMILES string of the molecule is COc1ccc(C(C)C(F)(F)F)cc1CN[C@H]1CCCN(C(=O)OC(C)(C)C)[C@H]1c1ccccc1. The largest absolute Gasteiger partial charge is 0.496 e. The average Bonchev–Trinajstić information content (AvgIpc) is 2.80. The summed E-state index contributed by atoms with van der Waals surface area (Å²) in [6, 6.07) is 13.9. The highest BCUT2D eigenvalue weighted by atomic mass is 19.4. The van der Waals surface area contributed by atoms with Crippen LogP contribution in [-0.2, 0) is 11.3 Å². The Kier molecular flexibility index (Phi) is 8.36. The Hall–Kier alpha value is -2.74. The maximum atomic E-state index is 13.3. The van der Waals surface area contributed by atoms with Crippen molar-refractivity contribution in [3.05, 3.63) is 65.2 Å². The van der Waals surface area contributed by atoms with Crippen LogP contribution in [0.1, 0.15) is 69.2 Å². The quantitative estimate of drug-likeness (QED) is 0.494. The van der Waals surface area contributed by atoms with E-state index in [1.165, 1.54) is 13.2 Å². The van der Waals surface area contributed by atoms with Gasteiger partial charge in [0, 0.05) is 24.7 Å². The van der Waals surface area contributed by atoms with Crippen molar-refractivity contribution in [2.45, 2.75) is 76.9 Å². The molecule has 0 radical (unpaired) electrons. The molecule has 1 fully saturated rings. The average molecular weight is 493 g/mol. The molecule has 0 saturated carbocycles. The van der Waals surface area contributed by atoms with Gasteiger partial charge in [-0.2, -0.15) is 13.2 Å². The van der Waals surface area contributed by atoms with Crippen LogP contribution < -0.4 is 10.1 Å². The predicted molar refractivity (Wildman–Crippen MR) is 129 cm³/mol. The number of methoxy groups -OCH3 is 1. The van der Waals surface area contributed by atoms with Crippen LogP contribution in [0.25, 0.3) is 0 Å². The monoisotopic (exact) mass is 492 g/mol. The van der Waals surface area contributed by atoms with Gasteiger partial charge in [-0.15, -0.1) is 0 Å². The minimum absolute atomic E-state index is 0.118. The third kappa shape index (κ3) is 6.90. The van der Waals surface area contributed by atoms with Gasteiger partial charge >= 0.3 is 12.3 Å². The number of alkyl halides is 3. The van der Waals surface area contributed by atoms with E-state index in [9.17, 15) is 18.0 Å². The summed E-state index contributed by atoms with van der Waals surface area (Å²) in [6.07, 6.45) is -3.12. The zero-order chi connectivity index (χ0) is 25.8. The van der Waals surface area contributed by atoms with Crippen LogP contribution >= 0.6 is 0 Å². The van der Waals surface area contributed by atoms with Crippen molar-refractivity contribution in [2.75, 3.05) is 13.7 Å². The number of hydrogen-bond donors (Lipinski definition) is 1. The first-order valence-corrected chi connectivity index (χ1v) is 11.9. The highest BCUT2D eigenvalue weighted by molar-refractivity contribution is 5.69. The number of halogens is 3. The fraction of sp³-hybridized carbons (Fsp3) is 0.519. The van der Waals surface area contributed by atoms with Crippen molar-refractivity contribution in [3.63, 3.8) is 0 Å². The molecule has 1 aliphatic heterocycles. The summed E-state index contributed by atoms with van der Waals surface area (Å²) in [4.78, 5) is 14.8. The summed E-state index contributed by atoms with van der Waals surface area (Å²) in [5.74, 6) is -1.06. The van der Waals surface area contributed by atoms with Gasteiger partial charge in [-0.25, -0.2) is 4.79 Å². The molecule has 35 heavy (non-hydrogen) atoms. The molecule has 1 saturated heterocycles. The number of nitrogens with one attached hydrogen (secondary N) is 1. The van der Waals surface area contributed by atoms with Gasteiger partial charge in [-0.1, -0.05) is 42.5 Å². The van der Waals surface area contributed by atoms with Gasteiger partial charge < -0.3 is 14.8 Å². The van der Waals surface area contributed by atoms with Gasteiger partial charge in [0.1, 0.15) is 11.4 Å². The minimum Gasteiger partial charge on any atom is -0.496 e. The Morgan fingerprint density at radius 3 is 2.43 bits per heavy atom. The van der Waals surface area contributed by atoms with E-state index < -0.39 is 17.7 Å². The number of hydrogen-bond acceptors (Lipinski definition) is 4. The van der Waals surface area contributed by atoms with Crippen molar-refractivity contribution in [1.82, 2.24) is 10.2 Å². The number of piperidine rings is 1. The lowest BCUT2D eigenvalue weighted by Crippen LogP contribution is -2.51. The predicted octanol–water partition coefficient (Wildman–Crippen LogP) is 6.59. The van der Waals surface area contributed by atoms with Crippen molar-refractivity contribution in [1.29, 1.82) is 0 Å². The zero-order valence-corrected chi connectivity index (χ0v) is 21.0. The number of carbonyl (C=O) groups is 1. The van der Waals surface area contributed by atoms with E-state index in [2.05, 4.69) is 5.32 Å². The molecule has 1 N–H and O–H groups in total. The van der Waals surface area contributed by atoms with Crippen molar-refractivity contribution in [3.8, 4) is 5.75 Å². The van der Waals surface area contributed by atoms with Gasteiger partial charge in [0.25, 0.3) is 0 Å². The van der Waals surface area contributed by atoms with Crippen LogP contribution in [-0.4, -0.2) is 42.5 Å². The van der Waals surface area contributed by atoms with Gasteiger partial charge in [0.05, 0.1) is 19.1 Å². The number of likely N-dealkylation sites (tertiary alicyclic amines) is 1. The number of carbonyl (C=O) groups excluding carboxylic acids is 1. The second kappa shape index (κ2) is 10.9. The third-order valence-electron chi connectivity index (χ3n) is 6.25. The molecular formula is C27H35F3N2O3. The van der Waals surface area contributed by atoms with Crippen LogP contribution in [0.3, 0.4) is 0 Å². The van der Waals surface area contributed by atoms with Gasteiger partial charge in [-0.05, 0) is 57.7 Å². The maximum Gasteiger partial charge on any atom is 0.410 e. The topological polar surface area (TPSA) is 50.8 Å². The normalized spacial score (nSPS) is 19.8. The summed E-state index contributed by atoms with van der Waals surface area (Å²) in [7, 11) is 1.50. The number of nitrogens with zero attached hydrogens (tertiary/aromatic N) is 1. The molecule has 0 aromatic heterocycles. The standard InChI is InChI=1S/C27H35F3N2O3/c1-18(27(28,29)30)20-13-14-23(34-5)21(16-20)17-31-22-12-9-15-32(25(33)35-26(2,3)4)24(22)19-10-7-6-8-11-19/h6-8,10-11,13-14,16,18,22,24,31H,9,12,15,17H2,1-5H3/t18?,22-,24-/m0/s1. The minimum atomic E-state index is -4.32. The smallest absolute Gasteiger partial charge is 0.410 e. The molecule has 2 aromatic rings. The van der Waals surface area contributed by atoms with Gasteiger partial charge in [0.15, 0.2) is 0 Å². The van der Waals surface area contributed by atoms with Crippen molar-refractivity contribution in [2.24, 2.45) is 0 Å². The molecule has 2 aromatic carbocycles. The Morgan fingerprint density at radius 1 is 1.14 bits per heavy atom. The van der Waals surface area contributed by atoms with Crippen LogP contribution in [0.4, 0.5) is 18.0 Å².